The second-order valence-electron chi connectivity index (χ2n) is 7.66. The average Bonchev–Trinajstić information content (AvgIpc) is 3.28. The van der Waals surface area contributed by atoms with Crippen molar-refractivity contribution in [1.29, 1.82) is 0 Å². The molecule has 7 nitrogen and oxygen atoms in total. The number of amides is 1. The molecule has 1 aromatic heterocycles. The summed E-state index contributed by atoms with van der Waals surface area (Å²) in [6.45, 7) is 1.90. The van der Waals surface area contributed by atoms with Gasteiger partial charge in [0.15, 0.2) is 10.9 Å². The molecule has 1 amide bonds. The number of carbonyl (C=O) groups is 2. The number of Topliss-reactive ketones (excluding diaryl/α,β-unsaturated/α-hetero) is 1. The highest BCUT2D eigenvalue weighted by molar-refractivity contribution is 7.89. The molecule has 1 saturated heterocycles. The molecule has 0 aliphatic carbocycles. The van der Waals surface area contributed by atoms with Crippen molar-refractivity contribution >= 4 is 38.2 Å². The van der Waals surface area contributed by atoms with Gasteiger partial charge in [0.05, 0.1) is 10.6 Å². The van der Waals surface area contributed by atoms with Crippen LogP contribution in [0.25, 0.3) is 11.3 Å². The Hall–Kier alpha value is -2.88. The lowest BCUT2D eigenvalue weighted by Crippen LogP contribution is -2.41. The second-order valence-corrected chi connectivity index (χ2v) is 10.5. The molecule has 0 atom stereocenters. The number of aromatic nitrogens is 1. The van der Waals surface area contributed by atoms with Gasteiger partial charge in [-0.1, -0.05) is 42.5 Å². The van der Waals surface area contributed by atoms with E-state index >= 15 is 0 Å². The number of sulfonamides is 1. The van der Waals surface area contributed by atoms with Gasteiger partial charge in [-0.05, 0) is 31.9 Å². The molecule has 0 radical (unpaired) electrons. The highest BCUT2D eigenvalue weighted by Crippen LogP contribution is 2.28. The first kappa shape index (κ1) is 22.3. The summed E-state index contributed by atoms with van der Waals surface area (Å²) in [6.07, 6.45) is 0.850. The van der Waals surface area contributed by atoms with E-state index in [1.54, 1.807) is 12.1 Å². The van der Waals surface area contributed by atoms with Crippen LogP contribution in [-0.4, -0.2) is 42.5 Å². The van der Waals surface area contributed by atoms with E-state index in [0.717, 1.165) is 11.3 Å². The van der Waals surface area contributed by atoms with E-state index in [1.807, 2.05) is 35.7 Å². The number of carbonyl (C=O) groups excluding carboxylic acids is 2. The Morgan fingerprint density at radius 3 is 2.47 bits per heavy atom. The van der Waals surface area contributed by atoms with E-state index in [2.05, 4.69) is 10.3 Å². The topological polar surface area (TPSA) is 96.4 Å². The minimum Gasteiger partial charge on any atom is -0.302 e. The van der Waals surface area contributed by atoms with Crippen molar-refractivity contribution in [3.05, 3.63) is 65.5 Å². The van der Waals surface area contributed by atoms with Gasteiger partial charge in [0.1, 0.15) is 0 Å². The molecule has 3 aromatic rings. The number of anilines is 1. The number of rotatable bonds is 6. The van der Waals surface area contributed by atoms with Gasteiger partial charge in [-0.15, -0.1) is 11.3 Å². The van der Waals surface area contributed by atoms with E-state index < -0.39 is 10.0 Å². The number of piperidine rings is 1. The molecular weight excluding hydrogens is 446 g/mol. The Morgan fingerprint density at radius 1 is 1.06 bits per heavy atom. The van der Waals surface area contributed by atoms with Crippen molar-refractivity contribution in [3.63, 3.8) is 0 Å². The number of nitrogens with one attached hydrogen (secondary N) is 1. The molecule has 1 fully saturated rings. The van der Waals surface area contributed by atoms with E-state index in [0.29, 0.717) is 23.5 Å². The third-order valence-corrected chi connectivity index (χ3v) is 8.16. The van der Waals surface area contributed by atoms with Crippen molar-refractivity contribution in [3.8, 4) is 11.3 Å². The lowest BCUT2D eigenvalue weighted by atomic mass is 9.97. The first-order valence-electron chi connectivity index (χ1n) is 10.3. The minimum atomic E-state index is -3.71. The Labute approximate surface area is 191 Å². The Bertz CT molecular complexity index is 1230. The predicted molar refractivity (Wildman–Crippen MR) is 124 cm³/mol. The molecule has 4 rings (SSSR count). The second kappa shape index (κ2) is 9.32. The monoisotopic (exact) mass is 469 g/mol. The van der Waals surface area contributed by atoms with Crippen LogP contribution in [0.2, 0.25) is 0 Å². The quantitative estimate of drug-likeness (QED) is 0.550. The highest BCUT2D eigenvalue weighted by Gasteiger charge is 2.32. The van der Waals surface area contributed by atoms with Crippen LogP contribution in [0.3, 0.4) is 0 Å². The first-order chi connectivity index (χ1) is 15.3. The van der Waals surface area contributed by atoms with Crippen molar-refractivity contribution in [2.24, 2.45) is 5.92 Å². The smallest absolute Gasteiger partial charge is 0.243 e. The molecule has 166 valence electrons. The molecule has 1 aliphatic rings. The molecule has 2 aromatic carbocycles. The number of hydrogen-bond acceptors (Lipinski definition) is 6. The SMILES string of the molecule is CC(=O)c1cccc(S(=O)(=O)N2CCC(C(=O)Nc3nc(-c4ccccc4)cs3)CC2)c1. The van der Waals surface area contributed by atoms with Gasteiger partial charge >= 0.3 is 0 Å². The summed E-state index contributed by atoms with van der Waals surface area (Å²) < 4.78 is 27.3. The van der Waals surface area contributed by atoms with Crippen LogP contribution >= 0.6 is 11.3 Å². The molecule has 1 aliphatic heterocycles. The zero-order valence-corrected chi connectivity index (χ0v) is 19.2. The average molecular weight is 470 g/mol. The molecule has 0 saturated carbocycles. The van der Waals surface area contributed by atoms with E-state index in [4.69, 9.17) is 0 Å². The molecule has 2 heterocycles. The number of thiazole rings is 1. The van der Waals surface area contributed by atoms with Crippen molar-refractivity contribution in [1.82, 2.24) is 9.29 Å². The Kier molecular flexibility index (Phi) is 6.50. The van der Waals surface area contributed by atoms with Crippen LogP contribution in [0.1, 0.15) is 30.1 Å². The largest absolute Gasteiger partial charge is 0.302 e. The molecule has 9 heteroatoms. The van der Waals surface area contributed by atoms with Gasteiger partial charge < -0.3 is 5.32 Å². The normalized spacial score (nSPS) is 15.4. The maximum atomic E-state index is 13.0. The lowest BCUT2D eigenvalue weighted by molar-refractivity contribution is -0.120. The van der Waals surface area contributed by atoms with E-state index in [1.165, 1.54) is 34.7 Å². The predicted octanol–water partition coefficient (Wildman–Crippen LogP) is 4.05. The van der Waals surface area contributed by atoms with Gasteiger partial charge in [-0.3, -0.25) is 9.59 Å². The van der Waals surface area contributed by atoms with Crippen LogP contribution in [0, 0.1) is 5.92 Å². The number of benzene rings is 2. The lowest BCUT2D eigenvalue weighted by Gasteiger charge is -2.30. The Balaban J connectivity index is 1.37. The summed E-state index contributed by atoms with van der Waals surface area (Å²) in [5, 5.41) is 5.30. The number of ketones is 1. The standard InChI is InChI=1S/C23H23N3O4S2/c1-16(27)19-8-5-9-20(14-19)32(29,30)26-12-10-18(11-13-26)22(28)25-23-24-21(15-31-23)17-6-3-2-4-7-17/h2-9,14-15,18H,10-13H2,1H3,(H,24,25,28). The van der Waals surface area contributed by atoms with Gasteiger partial charge in [-0.25, -0.2) is 13.4 Å². The molecule has 0 unspecified atom stereocenters. The summed E-state index contributed by atoms with van der Waals surface area (Å²) in [4.78, 5) is 28.9. The van der Waals surface area contributed by atoms with Gasteiger partial charge in [0.2, 0.25) is 15.9 Å². The fraction of sp³-hybridized carbons (Fsp3) is 0.261. The zero-order valence-electron chi connectivity index (χ0n) is 17.5. The van der Waals surface area contributed by atoms with Crippen LogP contribution < -0.4 is 5.32 Å². The minimum absolute atomic E-state index is 0.101. The molecular formula is C23H23N3O4S2. The molecule has 1 N–H and O–H groups in total. The highest BCUT2D eigenvalue weighted by atomic mass is 32.2. The fourth-order valence-electron chi connectivity index (χ4n) is 3.66. The van der Waals surface area contributed by atoms with Crippen LogP contribution in [0.4, 0.5) is 5.13 Å². The summed E-state index contributed by atoms with van der Waals surface area (Å²) in [5.41, 5.74) is 2.15. The van der Waals surface area contributed by atoms with E-state index in [-0.39, 0.29) is 35.6 Å². The number of nitrogens with zero attached hydrogens (tertiary/aromatic N) is 2. The molecule has 0 bridgehead atoms. The number of hydrogen-bond donors (Lipinski definition) is 1. The maximum Gasteiger partial charge on any atom is 0.243 e. The van der Waals surface area contributed by atoms with Gasteiger partial charge in [0, 0.05) is 35.5 Å². The molecule has 0 spiro atoms. The van der Waals surface area contributed by atoms with Gasteiger partial charge in [-0.2, -0.15) is 4.31 Å². The third-order valence-electron chi connectivity index (χ3n) is 5.51. The van der Waals surface area contributed by atoms with E-state index in [9.17, 15) is 18.0 Å². The van der Waals surface area contributed by atoms with Gasteiger partial charge in [0.25, 0.3) is 0 Å². The fourth-order valence-corrected chi connectivity index (χ4v) is 5.90. The molecule has 32 heavy (non-hydrogen) atoms. The van der Waals surface area contributed by atoms with Crippen LogP contribution in [-0.2, 0) is 14.8 Å². The van der Waals surface area contributed by atoms with Crippen molar-refractivity contribution < 1.29 is 18.0 Å². The van der Waals surface area contributed by atoms with Crippen LogP contribution in [0.15, 0.2) is 64.9 Å². The summed E-state index contributed by atoms with van der Waals surface area (Å²) >= 11 is 1.37. The summed E-state index contributed by atoms with van der Waals surface area (Å²) in [6, 6.07) is 15.8. The summed E-state index contributed by atoms with van der Waals surface area (Å²) in [5.74, 6) is -0.612. The Morgan fingerprint density at radius 2 is 1.78 bits per heavy atom. The maximum absolute atomic E-state index is 13.0. The third kappa shape index (κ3) is 4.79. The zero-order chi connectivity index (χ0) is 22.7. The summed E-state index contributed by atoms with van der Waals surface area (Å²) in [7, 11) is -3.71. The first-order valence-corrected chi connectivity index (χ1v) is 12.6. The van der Waals surface area contributed by atoms with Crippen molar-refractivity contribution in [2.45, 2.75) is 24.7 Å². The van der Waals surface area contributed by atoms with Crippen LogP contribution in [0.5, 0.6) is 0 Å². The van der Waals surface area contributed by atoms with Crippen molar-refractivity contribution in [2.75, 3.05) is 18.4 Å².